The van der Waals surface area contributed by atoms with Crippen LogP contribution in [0.25, 0.3) is 0 Å². The van der Waals surface area contributed by atoms with Gasteiger partial charge in [-0.25, -0.2) is 4.79 Å². The molecule has 3 N–H and O–H groups in total. The van der Waals surface area contributed by atoms with Gasteiger partial charge in [-0.15, -0.1) is 0 Å². The SMILES string of the molecule is CC(NC(=O)NCCO)c1ccccc1. The van der Waals surface area contributed by atoms with Crippen LogP contribution in [0, 0.1) is 0 Å². The van der Waals surface area contributed by atoms with Crippen molar-refractivity contribution >= 4 is 6.03 Å². The van der Waals surface area contributed by atoms with E-state index < -0.39 is 0 Å². The van der Waals surface area contributed by atoms with Gasteiger partial charge in [-0.2, -0.15) is 0 Å². The molecule has 0 bridgehead atoms. The van der Waals surface area contributed by atoms with E-state index in [0.717, 1.165) is 5.56 Å². The van der Waals surface area contributed by atoms with Crippen LogP contribution in [0.4, 0.5) is 4.79 Å². The van der Waals surface area contributed by atoms with Gasteiger partial charge in [-0.1, -0.05) is 30.3 Å². The lowest BCUT2D eigenvalue weighted by Crippen LogP contribution is -2.38. The number of hydrogen-bond acceptors (Lipinski definition) is 2. The minimum Gasteiger partial charge on any atom is -0.395 e. The Bertz CT molecular complexity index is 301. The van der Waals surface area contributed by atoms with E-state index in [9.17, 15) is 4.79 Å². The van der Waals surface area contributed by atoms with Crippen molar-refractivity contribution < 1.29 is 9.90 Å². The number of aliphatic hydroxyl groups excluding tert-OH is 1. The smallest absolute Gasteiger partial charge is 0.315 e. The Morgan fingerprint density at radius 2 is 2.07 bits per heavy atom. The number of carbonyl (C=O) groups excluding carboxylic acids is 1. The van der Waals surface area contributed by atoms with E-state index in [2.05, 4.69) is 10.6 Å². The molecule has 0 heterocycles. The van der Waals surface area contributed by atoms with Gasteiger partial charge in [-0.05, 0) is 12.5 Å². The molecule has 0 aliphatic heterocycles. The van der Waals surface area contributed by atoms with Gasteiger partial charge in [0.15, 0.2) is 0 Å². The highest BCUT2D eigenvalue weighted by molar-refractivity contribution is 5.74. The molecule has 0 spiro atoms. The lowest BCUT2D eigenvalue weighted by molar-refractivity contribution is 0.231. The molecule has 0 aliphatic carbocycles. The Balaban J connectivity index is 2.42. The average Bonchev–Trinajstić information content (AvgIpc) is 2.27. The molecule has 1 rings (SSSR count). The van der Waals surface area contributed by atoms with Crippen LogP contribution in [0.2, 0.25) is 0 Å². The zero-order valence-corrected chi connectivity index (χ0v) is 8.73. The molecule has 2 amide bonds. The van der Waals surface area contributed by atoms with E-state index in [0.29, 0.717) is 0 Å². The summed E-state index contributed by atoms with van der Waals surface area (Å²) in [4.78, 5) is 11.3. The molecule has 0 saturated carbocycles. The fourth-order valence-corrected chi connectivity index (χ4v) is 1.24. The Hall–Kier alpha value is -1.55. The topological polar surface area (TPSA) is 61.4 Å². The van der Waals surface area contributed by atoms with Gasteiger partial charge in [0.25, 0.3) is 0 Å². The Morgan fingerprint density at radius 1 is 1.40 bits per heavy atom. The van der Waals surface area contributed by atoms with Crippen molar-refractivity contribution in [3.8, 4) is 0 Å². The van der Waals surface area contributed by atoms with Crippen molar-refractivity contribution in [2.24, 2.45) is 0 Å². The molecule has 0 radical (unpaired) electrons. The number of aliphatic hydroxyl groups is 1. The zero-order valence-electron chi connectivity index (χ0n) is 8.73. The monoisotopic (exact) mass is 208 g/mol. The van der Waals surface area contributed by atoms with Gasteiger partial charge in [-0.3, -0.25) is 0 Å². The molecule has 1 atom stereocenters. The molecule has 1 aromatic rings. The van der Waals surface area contributed by atoms with E-state index in [1.165, 1.54) is 0 Å². The van der Waals surface area contributed by atoms with E-state index in [1.54, 1.807) is 0 Å². The third kappa shape index (κ3) is 3.99. The summed E-state index contributed by atoms with van der Waals surface area (Å²) in [5.74, 6) is 0. The first kappa shape index (κ1) is 11.5. The van der Waals surface area contributed by atoms with Gasteiger partial charge in [0.1, 0.15) is 0 Å². The number of hydrogen-bond donors (Lipinski definition) is 3. The predicted molar refractivity (Wildman–Crippen MR) is 58.5 cm³/mol. The average molecular weight is 208 g/mol. The number of urea groups is 1. The number of benzene rings is 1. The fourth-order valence-electron chi connectivity index (χ4n) is 1.24. The summed E-state index contributed by atoms with van der Waals surface area (Å²) in [6.07, 6.45) is 0. The van der Waals surface area contributed by atoms with Gasteiger partial charge in [0.05, 0.1) is 12.6 Å². The van der Waals surface area contributed by atoms with Crippen molar-refractivity contribution in [1.82, 2.24) is 10.6 Å². The minimum absolute atomic E-state index is 0.0371. The lowest BCUT2D eigenvalue weighted by Gasteiger charge is -2.14. The second kappa shape index (κ2) is 6.03. The van der Waals surface area contributed by atoms with Gasteiger partial charge < -0.3 is 15.7 Å². The van der Waals surface area contributed by atoms with Crippen LogP contribution >= 0.6 is 0 Å². The van der Waals surface area contributed by atoms with E-state index in [-0.39, 0.29) is 25.2 Å². The van der Waals surface area contributed by atoms with Gasteiger partial charge in [0, 0.05) is 6.54 Å². The maximum atomic E-state index is 11.3. The molecule has 0 saturated heterocycles. The molecule has 1 aromatic carbocycles. The van der Waals surface area contributed by atoms with Crippen molar-refractivity contribution in [2.75, 3.05) is 13.2 Å². The van der Waals surface area contributed by atoms with Crippen LogP contribution in [0.3, 0.4) is 0 Å². The number of rotatable bonds is 4. The summed E-state index contributed by atoms with van der Waals surface area (Å²) in [5, 5.41) is 13.8. The normalized spacial score (nSPS) is 11.9. The second-order valence-corrected chi connectivity index (χ2v) is 3.26. The first-order chi connectivity index (χ1) is 7.24. The van der Waals surface area contributed by atoms with Crippen LogP contribution in [-0.4, -0.2) is 24.3 Å². The summed E-state index contributed by atoms with van der Waals surface area (Å²) in [6.45, 7) is 2.13. The summed E-state index contributed by atoms with van der Waals surface area (Å²) in [5.41, 5.74) is 1.05. The van der Waals surface area contributed by atoms with Gasteiger partial charge >= 0.3 is 6.03 Å². The van der Waals surface area contributed by atoms with Crippen molar-refractivity contribution in [3.05, 3.63) is 35.9 Å². The maximum absolute atomic E-state index is 11.3. The molecular weight excluding hydrogens is 192 g/mol. The first-order valence-corrected chi connectivity index (χ1v) is 4.94. The zero-order chi connectivity index (χ0) is 11.1. The van der Waals surface area contributed by atoms with E-state index >= 15 is 0 Å². The molecule has 82 valence electrons. The van der Waals surface area contributed by atoms with Crippen LogP contribution < -0.4 is 10.6 Å². The van der Waals surface area contributed by atoms with E-state index in [4.69, 9.17) is 5.11 Å². The Kier molecular flexibility index (Phi) is 4.63. The highest BCUT2D eigenvalue weighted by Gasteiger charge is 2.07. The molecule has 0 aliphatic rings. The van der Waals surface area contributed by atoms with Crippen LogP contribution in [0.15, 0.2) is 30.3 Å². The Morgan fingerprint density at radius 3 is 2.67 bits per heavy atom. The summed E-state index contributed by atoms with van der Waals surface area (Å²) >= 11 is 0. The molecule has 4 heteroatoms. The molecule has 4 nitrogen and oxygen atoms in total. The summed E-state index contributed by atoms with van der Waals surface area (Å²) in [7, 11) is 0. The van der Waals surface area contributed by atoms with Crippen LogP contribution in [0.5, 0.6) is 0 Å². The quantitative estimate of drug-likeness (QED) is 0.692. The Labute approximate surface area is 89.3 Å². The van der Waals surface area contributed by atoms with E-state index in [1.807, 2.05) is 37.3 Å². The van der Waals surface area contributed by atoms with Crippen LogP contribution in [-0.2, 0) is 0 Å². The van der Waals surface area contributed by atoms with Crippen molar-refractivity contribution in [2.45, 2.75) is 13.0 Å². The number of amides is 2. The number of nitrogens with one attached hydrogen (secondary N) is 2. The standard InChI is InChI=1S/C11H16N2O2/c1-9(10-5-3-2-4-6-10)13-11(15)12-7-8-14/h2-6,9,14H,7-8H2,1H3,(H2,12,13,15). The lowest BCUT2D eigenvalue weighted by atomic mass is 10.1. The summed E-state index contributed by atoms with van der Waals surface area (Å²) in [6, 6.07) is 9.40. The van der Waals surface area contributed by atoms with Crippen molar-refractivity contribution in [3.63, 3.8) is 0 Å². The van der Waals surface area contributed by atoms with Crippen LogP contribution in [0.1, 0.15) is 18.5 Å². The highest BCUT2D eigenvalue weighted by Crippen LogP contribution is 2.10. The first-order valence-electron chi connectivity index (χ1n) is 4.94. The minimum atomic E-state index is -0.264. The molecule has 15 heavy (non-hydrogen) atoms. The highest BCUT2D eigenvalue weighted by atomic mass is 16.3. The van der Waals surface area contributed by atoms with Gasteiger partial charge in [0.2, 0.25) is 0 Å². The molecule has 0 aromatic heterocycles. The third-order valence-electron chi connectivity index (χ3n) is 2.04. The number of carbonyl (C=O) groups is 1. The van der Waals surface area contributed by atoms with Crippen molar-refractivity contribution in [1.29, 1.82) is 0 Å². The third-order valence-corrected chi connectivity index (χ3v) is 2.04. The largest absolute Gasteiger partial charge is 0.395 e. The summed E-state index contributed by atoms with van der Waals surface area (Å²) < 4.78 is 0. The second-order valence-electron chi connectivity index (χ2n) is 3.26. The predicted octanol–water partition coefficient (Wildman–Crippen LogP) is 1.04. The molecule has 0 fully saturated rings. The maximum Gasteiger partial charge on any atom is 0.315 e. The molecule has 1 unspecified atom stereocenters. The fraction of sp³-hybridized carbons (Fsp3) is 0.364. The molecular formula is C11H16N2O2.